The highest BCUT2D eigenvalue weighted by molar-refractivity contribution is 7.17. The Balaban J connectivity index is 1.24. The van der Waals surface area contributed by atoms with Gasteiger partial charge in [0.1, 0.15) is 33.0 Å². The molecule has 5 aromatic rings. The number of carbonyl (C=O) groups excluding carboxylic acids is 2. The van der Waals surface area contributed by atoms with Crippen molar-refractivity contribution in [3.8, 4) is 44.1 Å². The second kappa shape index (κ2) is 11.6. The van der Waals surface area contributed by atoms with Crippen molar-refractivity contribution in [1.29, 1.82) is 0 Å². The Morgan fingerprint density at radius 2 is 0.949 bits per heavy atom. The van der Waals surface area contributed by atoms with Gasteiger partial charge in [-0.1, -0.05) is 47.7 Å². The van der Waals surface area contributed by atoms with Crippen molar-refractivity contribution in [3.05, 3.63) is 108 Å². The molecule has 0 N–H and O–H groups in total. The molecule has 0 aliphatic rings. The molecule has 9 heteroatoms. The minimum atomic E-state index is -0.474. The number of ether oxygens (including phenoxy) is 4. The molecule has 194 valence electrons. The maximum Gasteiger partial charge on any atom is 0.343 e. The van der Waals surface area contributed by atoms with Gasteiger partial charge in [-0.15, -0.1) is 10.2 Å². The molecule has 0 atom stereocenters. The Morgan fingerprint density at radius 1 is 0.564 bits per heavy atom. The van der Waals surface area contributed by atoms with E-state index in [9.17, 15) is 9.59 Å². The monoisotopic (exact) mass is 538 g/mol. The molecule has 0 saturated carbocycles. The Morgan fingerprint density at radius 3 is 1.33 bits per heavy atom. The molecule has 0 spiro atoms. The first-order chi connectivity index (χ1) is 19.0. The van der Waals surface area contributed by atoms with E-state index in [2.05, 4.69) is 10.2 Å². The summed E-state index contributed by atoms with van der Waals surface area (Å²) in [6.45, 7) is 0. The van der Waals surface area contributed by atoms with Gasteiger partial charge in [0.05, 0.1) is 25.3 Å². The second-order valence-corrected chi connectivity index (χ2v) is 9.18. The van der Waals surface area contributed by atoms with Crippen LogP contribution in [0.4, 0.5) is 0 Å². The molecule has 4 aromatic carbocycles. The predicted molar refractivity (Wildman–Crippen MR) is 147 cm³/mol. The number of rotatable bonds is 8. The van der Waals surface area contributed by atoms with Crippen molar-refractivity contribution < 1.29 is 28.5 Å². The molecule has 0 radical (unpaired) electrons. The van der Waals surface area contributed by atoms with E-state index < -0.39 is 11.9 Å². The van der Waals surface area contributed by atoms with Gasteiger partial charge in [-0.25, -0.2) is 9.59 Å². The summed E-state index contributed by atoms with van der Waals surface area (Å²) in [5.41, 5.74) is 2.44. The van der Waals surface area contributed by atoms with Gasteiger partial charge in [0.25, 0.3) is 0 Å². The molecule has 39 heavy (non-hydrogen) atoms. The van der Waals surface area contributed by atoms with Gasteiger partial charge in [0.2, 0.25) is 0 Å². The number of aromatic nitrogens is 2. The predicted octanol–water partition coefficient (Wildman–Crippen LogP) is 6.33. The van der Waals surface area contributed by atoms with Crippen molar-refractivity contribution >= 4 is 23.3 Å². The van der Waals surface area contributed by atoms with Crippen molar-refractivity contribution in [2.45, 2.75) is 0 Å². The Bertz CT molecular complexity index is 1490. The van der Waals surface area contributed by atoms with Crippen LogP contribution in [0.1, 0.15) is 20.7 Å². The fourth-order valence-electron chi connectivity index (χ4n) is 3.62. The third-order valence-corrected chi connectivity index (χ3v) is 6.69. The molecule has 1 heterocycles. The smallest absolute Gasteiger partial charge is 0.343 e. The standard InChI is InChI=1S/C30H22N2O6S/c1-35-23-5-3-7-25(17-23)37-29(33)21-13-9-19(10-14-21)27-31-32-28(39-27)20-11-15-22(16-12-20)30(34)38-26-8-4-6-24(18-26)36-2/h3-18H,1-2H3. The van der Waals surface area contributed by atoms with E-state index in [1.54, 1.807) is 111 Å². The van der Waals surface area contributed by atoms with Gasteiger partial charge in [-0.3, -0.25) is 0 Å². The first kappa shape index (κ1) is 25.6. The number of hydrogen-bond acceptors (Lipinski definition) is 9. The van der Waals surface area contributed by atoms with Crippen LogP contribution in [0.2, 0.25) is 0 Å². The summed E-state index contributed by atoms with van der Waals surface area (Å²) in [6, 6.07) is 27.6. The number of methoxy groups -OCH3 is 2. The maximum absolute atomic E-state index is 12.5. The van der Waals surface area contributed by atoms with E-state index >= 15 is 0 Å². The van der Waals surface area contributed by atoms with Gasteiger partial charge in [-0.2, -0.15) is 0 Å². The van der Waals surface area contributed by atoms with Crippen LogP contribution < -0.4 is 18.9 Å². The summed E-state index contributed by atoms with van der Waals surface area (Å²) in [6.07, 6.45) is 0. The van der Waals surface area contributed by atoms with E-state index in [1.807, 2.05) is 0 Å². The molecule has 0 bridgehead atoms. The van der Waals surface area contributed by atoms with Gasteiger partial charge in [0.15, 0.2) is 0 Å². The molecule has 8 nitrogen and oxygen atoms in total. The number of nitrogens with zero attached hydrogens (tertiary/aromatic N) is 2. The van der Waals surface area contributed by atoms with Crippen LogP contribution in [-0.4, -0.2) is 36.4 Å². The van der Waals surface area contributed by atoms with Crippen LogP contribution in [0.5, 0.6) is 23.0 Å². The summed E-state index contributed by atoms with van der Waals surface area (Å²) in [7, 11) is 3.10. The first-order valence-electron chi connectivity index (χ1n) is 11.8. The molecular formula is C30H22N2O6S. The summed E-state index contributed by atoms with van der Waals surface area (Å²) in [5.74, 6) is 1.06. The Labute approximate surface area is 228 Å². The van der Waals surface area contributed by atoms with E-state index in [0.717, 1.165) is 11.1 Å². The Hall–Kier alpha value is -5.02. The quantitative estimate of drug-likeness (QED) is 0.167. The lowest BCUT2D eigenvalue weighted by Crippen LogP contribution is -2.08. The van der Waals surface area contributed by atoms with Crippen LogP contribution in [-0.2, 0) is 0 Å². The van der Waals surface area contributed by atoms with Crippen molar-refractivity contribution in [2.75, 3.05) is 14.2 Å². The lowest BCUT2D eigenvalue weighted by molar-refractivity contribution is 0.0725. The zero-order valence-electron chi connectivity index (χ0n) is 21.0. The fraction of sp³-hybridized carbons (Fsp3) is 0.0667. The minimum absolute atomic E-state index is 0.400. The van der Waals surface area contributed by atoms with Gasteiger partial charge in [-0.05, 0) is 48.5 Å². The van der Waals surface area contributed by atoms with Crippen molar-refractivity contribution in [2.24, 2.45) is 0 Å². The normalized spacial score (nSPS) is 10.5. The summed E-state index contributed by atoms with van der Waals surface area (Å²) in [4.78, 5) is 25.1. The zero-order valence-corrected chi connectivity index (χ0v) is 21.8. The van der Waals surface area contributed by atoms with Crippen LogP contribution in [0.15, 0.2) is 97.1 Å². The van der Waals surface area contributed by atoms with E-state index in [-0.39, 0.29) is 0 Å². The van der Waals surface area contributed by atoms with Crippen LogP contribution in [0.3, 0.4) is 0 Å². The lowest BCUT2D eigenvalue weighted by Gasteiger charge is -2.06. The summed E-state index contributed by atoms with van der Waals surface area (Å²) < 4.78 is 21.2. The van der Waals surface area contributed by atoms with Crippen LogP contribution >= 0.6 is 11.3 Å². The summed E-state index contributed by atoms with van der Waals surface area (Å²) >= 11 is 1.40. The van der Waals surface area contributed by atoms with Gasteiger partial charge in [0, 0.05) is 23.3 Å². The number of esters is 2. The molecule has 0 amide bonds. The van der Waals surface area contributed by atoms with Gasteiger partial charge >= 0.3 is 11.9 Å². The third kappa shape index (κ3) is 6.11. The number of carbonyl (C=O) groups is 2. The topological polar surface area (TPSA) is 96.8 Å². The highest BCUT2D eigenvalue weighted by Crippen LogP contribution is 2.31. The number of benzene rings is 4. The van der Waals surface area contributed by atoms with E-state index in [0.29, 0.717) is 44.1 Å². The van der Waals surface area contributed by atoms with E-state index in [1.165, 1.54) is 11.3 Å². The van der Waals surface area contributed by atoms with Crippen LogP contribution in [0.25, 0.3) is 21.1 Å². The largest absolute Gasteiger partial charge is 0.497 e. The molecule has 0 aliphatic carbocycles. The summed E-state index contributed by atoms with van der Waals surface area (Å²) in [5, 5.41) is 9.97. The first-order valence-corrected chi connectivity index (χ1v) is 12.6. The van der Waals surface area contributed by atoms with Crippen molar-refractivity contribution in [3.63, 3.8) is 0 Å². The lowest BCUT2D eigenvalue weighted by atomic mass is 10.1. The fourth-order valence-corrected chi connectivity index (χ4v) is 4.47. The zero-order chi connectivity index (χ0) is 27.2. The Kier molecular flexibility index (Phi) is 7.60. The highest BCUT2D eigenvalue weighted by Gasteiger charge is 2.14. The number of hydrogen-bond donors (Lipinski definition) is 0. The molecule has 1 aromatic heterocycles. The molecule has 5 rings (SSSR count). The average molecular weight is 539 g/mol. The molecule has 0 unspecified atom stereocenters. The maximum atomic E-state index is 12.5. The molecule has 0 fully saturated rings. The van der Waals surface area contributed by atoms with Crippen molar-refractivity contribution in [1.82, 2.24) is 10.2 Å². The van der Waals surface area contributed by atoms with Gasteiger partial charge < -0.3 is 18.9 Å². The third-order valence-electron chi connectivity index (χ3n) is 5.66. The molecule has 0 aliphatic heterocycles. The minimum Gasteiger partial charge on any atom is -0.497 e. The molecule has 0 saturated heterocycles. The second-order valence-electron chi connectivity index (χ2n) is 8.20. The van der Waals surface area contributed by atoms with Crippen LogP contribution in [0, 0.1) is 0 Å². The highest BCUT2D eigenvalue weighted by atomic mass is 32.1. The SMILES string of the molecule is COc1cccc(OC(=O)c2ccc(-c3nnc(-c4ccc(C(=O)Oc5cccc(OC)c5)cc4)s3)cc2)c1. The molecular weight excluding hydrogens is 516 g/mol. The average Bonchev–Trinajstić information content (AvgIpc) is 3.48. The van der Waals surface area contributed by atoms with E-state index in [4.69, 9.17) is 18.9 Å².